The van der Waals surface area contributed by atoms with Crippen LogP contribution in [0.25, 0.3) is 0 Å². The van der Waals surface area contributed by atoms with Crippen LogP contribution in [0.2, 0.25) is 0 Å². The van der Waals surface area contributed by atoms with Gasteiger partial charge >= 0.3 is 0 Å². The van der Waals surface area contributed by atoms with Crippen LogP contribution in [0.1, 0.15) is 20.8 Å². The minimum absolute atomic E-state index is 0.000447. The predicted molar refractivity (Wildman–Crippen MR) is 221 cm³/mol. The van der Waals surface area contributed by atoms with Gasteiger partial charge in [-0.25, -0.2) is 0 Å². The maximum absolute atomic E-state index is 13.1. The summed E-state index contributed by atoms with van der Waals surface area (Å²) in [7, 11) is 0. The third-order valence-electron chi connectivity index (χ3n) is 13.1. The number of carbonyl (C=O) groups excluding carboxylic acids is 1. The number of hydrogen-bond acceptors (Lipinski definition) is 30. The first-order valence-corrected chi connectivity index (χ1v) is 23.0. The minimum Gasteiger partial charge on any atom is -0.394 e. The molecule has 30 atom stereocenters. The second kappa shape index (κ2) is 25.4. The molecule has 0 aliphatic carbocycles. The lowest BCUT2D eigenvalue weighted by molar-refractivity contribution is -0.400. The molecule has 0 saturated carbocycles. The first-order valence-electron chi connectivity index (χ1n) is 23.0. The fraction of sp³-hybridized carbons (Fsp3) is 0.975. The molecule has 19 N–H and O–H groups in total. The van der Waals surface area contributed by atoms with Crippen molar-refractivity contribution < 1.29 is 143 Å². The summed E-state index contributed by atoms with van der Waals surface area (Å²) in [4.78, 5) is 13.1. The monoisotopic (exact) mass is 1040 g/mol. The second-order valence-corrected chi connectivity index (χ2v) is 18.1. The summed E-state index contributed by atoms with van der Waals surface area (Å²) in [5, 5.41) is 176. The predicted octanol–water partition coefficient (Wildman–Crippen LogP) is -11.9. The van der Waals surface area contributed by atoms with Gasteiger partial charge in [-0.1, -0.05) is 0 Å². The number of rotatable bonds is 18. The summed E-state index contributed by atoms with van der Waals surface area (Å²) in [6.07, 6.45) is -53.0. The van der Waals surface area contributed by atoms with Crippen molar-refractivity contribution in [2.24, 2.45) is 5.73 Å². The van der Waals surface area contributed by atoms with E-state index in [9.17, 15) is 86.5 Å². The number of aliphatic hydroxyl groups excluding tert-OH is 16. The average molecular weight is 1040 g/mol. The van der Waals surface area contributed by atoms with Crippen molar-refractivity contribution in [1.82, 2.24) is 5.32 Å². The Balaban J connectivity index is 1.37. The van der Waals surface area contributed by atoms with Gasteiger partial charge in [-0.2, -0.15) is 0 Å². The van der Waals surface area contributed by atoms with E-state index in [0.29, 0.717) is 0 Å². The first kappa shape index (κ1) is 58.6. The molecule has 71 heavy (non-hydrogen) atoms. The van der Waals surface area contributed by atoms with Gasteiger partial charge in [-0.15, -0.1) is 0 Å². The van der Waals surface area contributed by atoms with Crippen molar-refractivity contribution >= 4 is 5.91 Å². The standard InChI is InChI=1S/C40H70N2O29/c1-10-18(48)22(52)26(56)37(61-10)68-31-16(9-46)65-35(70-33-21(51)14(7-44)63-39(29(33)59)67-30-15(8-45)66-36(60-5-4-41)28(58)25(30)55)17(42-12(3)47)32(31)69-40-34(24(54)20(50)13(6-43)64-40)71-38-27(57)23(53)19(49)11(2)62-38/h10-11,13-40,43-46,48-59H,4-9,41H2,1-3H3,(H,42,47)/t10-,11-,13+,14+,15+,16+,17+,18+,19+,20-,21-,22+,23+,24-,25+,26-,27-,28+,29+,30+,31+,32+,33-,34+,35-,36+,37-,38-,39-,40-/m0/s1. The van der Waals surface area contributed by atoms with Gasteiger partial charge in [0.05, 0.1) is 45.2 Å². The van der Waals surface area contributed by atoms with E-state index < -0.39 is 217 Å². The van der Waals surface area contributed by atoms with Crippen molar-refractivity contribution in [1.29, 1.82) is 0 Å². The molecule has 0 aromatic rings. The van der Waals surface area contributed by atoms with E-state index in [1.54, 1.807) is 0 Å². The molecule has 6 aliphatic rings. The van der Waals surface area contributed by atoms with Gasteiger partial charge in [-0.3, -0.25) is 4.79 Å². The lowest BCUT2D eigenvalue weighted by atomic mass is 9.93. The maximum atomic E-state index is 13.1. The number of nitrogens with one attached hydrogen (secondary N) is 1. The minimum atomic E-state index is -2.18. The number of amides is 1. The Hall–Kier alpha value is -1.69. The fourth-order valence-corrected chi connectivity index (χ4v) is 9.09. The van der Waals surface area contributed by atoms with E-state index >= 15 is 0 Å². The molecule has 414 valence electrons. The molecule has 0 aromatic carbocycles. The van der Waals surface area contributed by atoms with Crippen molar-refractivity contribution in [2.45, 2.75) is 205 Å². The largest absolute Gasteiger partial charge is 0.394 e. The molecule has 0 aromatic heterocycles. The molecule has 6 fully saturated rings. The average Bonchev–Trinajstić information content (AvgIpc) is 3.34. The van der Waals surface area contributed by atoms with E-state index in [4.69, 9.17) is 62.6 Å². The summed E-state index contributed by atoms with van der Waals surface area (Å²) < 4.78 is 70.1. The Morgan fingerprint density at radius 2 is 0.831 bits per heavy atom. The van der Waals surface area contributed by atoms with Gasteiger partial charge in [-0.05, 0) is 13.8 Å². The molecule has 31 nitrogen and oxygen atoms in total. The summed E-state index contributed by atoms with van der Waals surface area (Å²) in [5.41, 5.74) is 5.47. The SMILES string of the molecule is CC(=O)N[C@H]1[C@H](O[C@H]2[C@@H](O)[C@@H](CO)O[C@@H](O[C@H]3[C@H](O)[C@@H](O)[C@H](OCCN)O[C@@H]3CO)[C@@H]2O)O[C@H](CO)[C@@H](O[C@@H]2O[C@@H](C)[C@@H](O)[C@@H](O)[C@@H]2O)[C@@H]1O[C@@H]1O[C@H](CO)[C@H](O)[C@H](O)[C@H]1O[C@@H]1O[C@@H](C)[C@@H](O)[C@@H](O)[C@@H]1O. The molecular formula is C40H70N2O29. The van der Waals surface area contributed by atoms with Crippen LogP contribution in [-0.2, 0) is 61.6 Å². The molecule has 0 radical (unpaired) electrons. The van der Waals surface area contributed by atoms with Gasteiger partial charge in [0, 0.05) is 13.5 Å². The number of carbonyl (C=O) groups is 1. The first-order chi connectivity index (χ1) is 33.6. The topological polar surface area (TPSA) is 490 Å². The quantitative estimate of drug-likeness (QED) is 0.0606. The molecule has 31 heteroatoms. The van der Waals surface area contributed by atoms with E-state index in [-0.39, 0.29) is 13.2 Å². The molecule has 1 amide bonds. The highest BCUT2D eigenvalue weighted by Crippen LogP contribution is 2.38. The Morgan fingerprint density at radius 1 is 0.423 bits per heavy atom. The lowest BCUT2D eigenvalue weighted by Crippen LogP contribution is -2.71. The highest BCUT2D eigenvalue weighted by molar-refractivity contribution is 5.73. The third kappa shape index (κ3) is 12.6. The van der Waals surface area contributed by atoms with Crippen LogP contribution < -0.4 is 11.1 Å². The molecule has 0 spiro atoms. The Bertz CT molecular complexity index is 1650. The number of nitrogens with two attached hydrogens (primary N) is 1. The Morgan fingerprint density at radius 3 is 1.37 bits per heavy atom. The van der Waals surface area contributed by atoms with E-state index in [1.807, 2.05) is 0 Å². The van der Waals surface area contributed by atoms with E-state index in [2.05, 4.69) is 5.32 Å². The van der Waals surface area contributed by atoms with Crippen molar-refractivity contribution in [2.75, 3.05) is 39.6 Å². The van der Waals surface area contributed by atoms with Crippen LogP contribution in [0.5, 0.6) is 0 Å². The van der Waals surface area contributed by atoms with Gasteiger partial charge in [0.25, 0.3) is 0 Å². The fourth-order valence-electron chi connectivity index (χ4n) is 9.09. The smallest absolute Gasteiger partial charge is 0.217 e. The van der Waals surface area contributed by atoms with Crippen molar-refractivity contribution in [3.05, 3.63) is 0 Å². The highest BCUT2D eigenvalue weighted by Gasteiger charge is 2.59. The zero-order valence-electron chi connectivity index (χ0n) is 38.6. The number of ether oxygens (including phenoxy) is 12. The van der Waals surface area contributed by atoms with Crippen LogP contribution in [-0.4, -0.2) is 311 Å². The Kier molecular flexibility index (Phi) is 21.0. The molecule has 0 unspecified atom stereocenters. The molecule has 6 rings (SSSR count). The van der Waals surface area contributed by atoms with Gasteiger partial charge in [0.15, 0.2) is 37.7 Å². The summed E-state index contributed by atoms with van der Waals surface area (Å²) in [6.45, 7) is -0.382. The van der Waals surface area contributed by atoms with Crippen LogP contribution in [0.4, 0.5) is 0 Å². The van der Waals surface area contributed by atoms with Crippen LogP contribution in [0.3, 0.4) is 0 Å². The molecule has 6 saturated heterocycles. The van der Waals surface area contributed by atoms with E-state index in [1.165, 1.54) is 13.8 Å². The molecule has 0 bridgehead atoms. The normalized spacial score (nSPS) is 50.9. The number of aliphatic hydroxyl groups is 16. The van der Waals surface area contributed by atoms with E-state index in [0.717, 1.165) is 6.92 Å². The van der Waals surface area contributed by atoms with Gasteiger partial charge in [0.1, 0.15) is 134 Å². The maximum Gasteiger partial charge on any atom is 0.217 e. The lowest BCUT2D eigenvalue weighted by Gasteiger charge is -2.52. The molecule has 6 heterocycles. The summed E-state index contributed by atoms with van der Waals surface area (Å²) in [5.74, 6) is -0.888. The summed E-state index contributed by atoms with van der Waals surface area (Å²) >= 11 is 0. The second-order valence-electron chi connectivity index (χ2n) is 18.1. The van der Waals surface area contributed by atoms with Gasteiger partial charge < -0.3 is 150 Å². The molecule has 6 aliphatic heterocycles. The van der Waals surface area contributed by atoms with Crippen LogP contribution in [0.15, 0.2) is 0 Å². The van der Waals surface area contributed by atoms with Crippen molar-refractivity contribution in [3.8, 4) is 0 Å². The Labute approximate surface area is 404 Å². The zero-order chi connectivity index (χ0) is 52.3. The van der Waals surface area contributed by atoms with Gasteiger partial charge in [0.2, 0.25) is 5.91 Å². The van der Waals surface area contributed by atoms with Crippen molar-refractivity contribution in [3.63, 3.8) is 0 Å². The summed E-state index contributed by atoms with van der Waals surface area (Å²) in [6, 6.07) is -1.86. The molecular weight excluding hydrogens is 972 g/mol. The third-order valence-corrected chi connectivity index (χ3v) is 13.1. The van der Waals surface area contributed by atoms with Crippen LogP contribution >= 0.6 is 0 Å². The number of hydrogen-bond donors (Lipinski definition) is 18. The highest BCUT2D eigenvalue weighted by atomic mass is 16.8. The van der Waals surface area contributed by atoms with Crippen LogP contribution in [0, 0.1) is 0 Å². The zero-order valence-corrected chi connectivity index (χ0v) is 38.6.